The van der Waals surface area contributed by atoms with E-state index in [-0.39, 0.29) is 41.7 Å². The van der Waals surface area contributed by atoms with E-state index in [1.807, 2.05) is 59.5 Å². The first-order chi connectivity index (χ1) is 28.7. The minimum absolute atomic E-state index is 0.0229. The zero-order valence-electron chi connectivity index (χ0n) is 32.3. The molecular formula is C43H43FN10O5. The number of imide groups is 2. The van der Waals surface area contributed by atoms with Crippen molar-refractivity contribution in [2.75, 3.05) is 49.9 Å². The minimum atomic E-state index is -1.09. The number of piperazine rings is 1. The Hall–Kier alpha value is -6.26. The van der Waals surface area contributed by atoms with Crippen LogP contribution in [-0.4, -0.2) is 115 Å². The Morgan fingerprint density at radius 3 is 2.08 bits per heavy atom. The highest BCUT2D eigenvalue weighted by atomic mass is 19.1. The number of fused-ring (bicyclic) bond motifs is 2. The molecule has 5 aliphatic rings. The molecule has 302 valence electrons. The summed E-state index contributed by atoms with van der Waals surface area (Å²) in [4.78, 5) is 67.3. The molecule has 5 aromatic rings. The smallest absolute Gasteiger partial charge is 0.262 e. The van der Waals surface area contributed by atoms with Gasteiger partial charge in [0.25, 0.3) is 11.8 Å². The molecule has 10 rings (SSSR count). The number of piperidine rings is 1. The molecule has 1 atom stereocenters. The number of nitrogens with zero attached hydrogens (tertiary/aromatic N) is 8. The molecule has 0 bridgehead atoms. The first-order valence-electron chi connectivity index (χ1n) is 20.3. The van der Waals surface area contributed by atoms with Gasteiger partial charge in [-0.1, -0.05) is 18.2 Å². The topological polar surface area (TPSA) is 172 Å². The summed E-state index contributed by atoms with van der Waals surface area (Å²) in [5, 5.41) is 8.06. The number of amides is 4. The summed E-state index contributed by atoms with van der Waals surface area (Å²) in [7, 11) is 0. The van der Waals surface area contributed by atoms with Crippen LogP contribution in [0.5, 0.6) is 11.5 Å². The van der Waals surface area contributed by atoms with Gasteiger partial charge < -0.3 is 15.4 Å². The van der Waals surface area contributed by atoms with Crippen molar-refractivity contribution in [1.29, 1.82) is 0 Å². The number of aromatic nitrogens is 4. The van der Waals surface area contributed by atoms with Crippen LogP contribution in [-0.2, 0) is 9.59 Å². The van der Waals surface area contributed by atoms with Crippen LogP contribution in [0.15, 0.2) is 73.1 Å². The second-order valence-corrected chi connectivity index (χ2v) is 16.1. The van der Waals surface area contributed by atoms with E-state index in [0.717, 1.165) is 96.6 Å². The van der Waals surface area contributed by atoms with Crippen LogP contribution in [0.4, 0.5) is 15.9 Å². The van der Waals surface area contributed by atoms with Gasteiger partial charge in [-0.05, 0) is 80.6 Å². The zero-order chi connectivity index (χ0) is 40.4. The normalized spacial score (nSPS) is 23.1. The van der Waals surface area contributed by atoms with Crippen molar-refractivity contribution >= 4 is 46.2 Å². The fourth-order valence-electron chi connectivity index (χ4n) is 9.50. The number of hydrogen-bond donors (Lipinski definition) is 2. The maximum atomic E-state index is 15.4. The molecular weight excluding hydrogens is 756 g/mol. The van der Waals surface area contributed by atoms with E-state index in [0.29, 0.717) is 24.9 Å². The number of halogens is 1. The molecule has 6 heterocycles. The molecule has 15 nitrogen and oxygen atoms in total. The molecule has 2 aromatic heterocycles. The first-order valence-corrected chi connectivity index (χ1v) is 20.3. The van der Waals surface area contributed by atoms with Crippen molar-refractivity contribution in [3.63, 3.8) is 0 Å². The second kappa shape index (κ2) is 14.8. The molecule has 1 saturated carbocycles. The van der Waals surface area contributed by atoms with Crippen LogP contribution in [0.2, 0.25) is 0 Å². The fraction of sp³-hybridized carbons (Fsp3) is 0.372. The summed E-state index contributed by atoms with van der Waals surface area (Å²) in [5.41, 5.74) is 9.17. The summed E-state index contributed by atoms with van der Waals surface area (Å²) in [6, 6.07) is 19.9. The summed E-state index contributed by atoms with van der Waals surface area (Å²) in [5.74, 6) is -1.16. The molecule has 0 unspecified atom stereocenters. The van der Waals surface area contributed by atoms with Crippen molar-refractivity contribution in [2.24, 2.45) is 0 Å². The van der Waals surface area contributed by atoms with Gasteiger partial charge in [0.1, 0.15) is 41.2 Å². The maximum absolute atomic E-state index is 15.4. The number of rotatable bonds is 8. The van der Waals surface area contributed by atoms with Crippen LogP contribution in [0.1, 0.15) is 65.3 Å². The number of para-hydroxylation sites is 1. The molecule has 3 aromatic carbocycles. The third kappa shape index (κ3) is 6.65. The van der Waals surface area contributed by atoms with Crippen molar-refractivity contribution in [3.05, 3.63) is 90.0 Å². The van der Waals surface area contributed by atoms with Gasteiger partial charge in [-0.15, -0.1) is 0 Å². The van der Waals surface area contributed by atoms with E-state index in [2.05, 4.69) is 29.8 Å². The predicted octanol–water partition coefficient (Wildman–Crippen LogP) is 4.40. The number of carbonyl (C=O) groups excluding carboxylic acids is 4. The van der Waals surface area contributed by atoms with Gasteiger partial charge >= 0.3 is 0 Å². The molecule has 59 heavy (non-hydrogen) atoms. The lowest BCUT2D eigenvalue weighted by molar-refractivity contribution is -0.136. The highest BCUT2D eigenvalue weighted by molar-refractivity contribution is 6.23. The molecule has 3 saturated heterocycles. The van der Waals surface area contributed by atoms with Crippen molar-refractivity contribution in [2.45, 2.75) is 62.7 Å². The van der Waals surface area contributed by atoms with Gasteiger partial charge in [0.05, 0.1) is 28.2 Å². The Bertz CT molecular complexity index is 2470. The van der Waals surface area contributed by atoms with Gasteiger partial charge in [-0.2, -0.15) is 5.10 Å². The number of nitrogens with one attached hydrogen (secondary N) is 1. The van der Waals surface area contributed by atoms with Crippen LogP contribution < -0.4 is 20.7 Å². The lowest BCUT2D eigenvalue weighted by atomic mass is 9.89. The summed E-state index contributed by atoms with van der Waals surface area (Å²) in [6.45, 7) is 4.95. The standard InChI is InChI=1S/C43H43FN10O5/c44-33-20-31-32(43(58)53(42(31)57)34-14-15-36(55)48-41(34)56)21-35(33)52-22-28(23-52)51-18-16-50(17-19-51)26-8-10-27(11-9-26)54-40-37(39(45)46-24-47-40)38(49-54)25-6-12-30(13-7-25)59-29-4-2-1-3-5-29/h1-7,12-13,20-21,24,26-28,34H,8-11,14-19,22-23H2,(H2,45,46,47)(H,48,55,56)/t26-,27-,34-/m1/s1. The van der Waals surface area contributed by atoms with Crippen molar-refractivity contribution in [3.8, 4) is 22.8 Å². The minimum Gasteiger partial charge on any atom is -0.457 e. The van der Waals surface area contributed by atoms with E-state index in [1.54, 1.807) is 0 Å². The Labute approximate surface area is 338 Å². The van der Waals surface area contributed by atoms with Crippen LogP contribution in [0.3, 0.4) is 0 Å². The van der Waals surface area contributed by atoms with Gasteiger partial charge in [-0.25, -0.2) is 19.0 Å². The van der Waals surface area contributed by atoms with E-state index in [9.17, 15) is 19.2 Å². The molecule has 4 aliphatic heterocycles. The Kier molecular flexibility index (Phi) is 9.32. The number of carbonyl (C=O) groups is 4. The summed E-state index contributed by atoms with van der Waals surface area (Å²) < 4.78 is 23.5. The SMILES string of the molecule is Nc1ncnc2c1c(-c1ccc(Oc3ccccc3)cc1)nn2[C@H]1CC[C@H](N2CCN(C3CN(c4cc5c(cc4F)C(=O)N([C@@H]4CCC(=O)NC4=O)C5=O)C3)CC2)CC1. The number of ether oxygens (including phenoxy) is 1. The van der Waals surface area contributed by atoms with Crippen molar-refractivity contribution < 1.29 is 28.3 Å². The van der Waals surface area contributed by atoms with Crippen LogP contribution in [0.25, 0.3) is 22.3 Å². The molecule has 4 amide bonds. The molecule has 4 fully saturated rings. The number of hydrogen-bond acceptors (Lipinski definition) is 12. The van der Waals surface area contributed by atoms with E-state index in [4.69, 9.17) is 15.6 Å². The largest absolute Gasteiger partial charge is 0.457 e. The number of nitrogens with two attached hydrogens (primary N) is 1. The molecule has 1 aliphatic carbocycles. The van der Waals surface area contributed by atoms with Crippen LogP contribution in [0, 0.1) is 5.82 Å². The number of benzene rings is 3. The Balaban J connectivity index is 0.740. The Morgan fingerprint density at radius 1 is 0.746 bits per heavy atom. The maximum Gasteiger partial charge on any atom is 0.262 e. The number of anilines is 2. The first kappa shape index (κ1) is 37.0. The molecule has 3 N–H and O–H groups in total. The van der Waals surface area contributed by atoms with Gasteiger partial charge in [0, 0.05) is 63.3 Å². The third-order valence-electron chi connectivity index (χ3n) is 12.7. The predicted molar refractivity (Wildman–Crippen MR) is 215 cm³/mol. The third-order valence-corrected chi connectivity index (χ3v) is 12.7. The lowest BCUT2D eigenvalue weighted by Gasteiger charge is -2.50. The van der Waals surface area contributed by atoms with E-state index < -0.39 is 35.5 Å². The average molecular weight is 799 g/mol. The zero-order valence-corrected chi connectivity index (χ0v) is 32.3. The number of nitrogen functional groups attached to an aromatic ring is 1. The highest BCUT2D eigenvalue weighted by Gasteiger charge is 2.46. The van der Waals surface area contributed by atoms with Crippen LogP contribution >= 0.6 is 0 Å². The van der Waals surface area contributed by atoms with Crippen molar-refractivity contribution in [1.82, 2.24) is 39.8 Å². The quantitative estimate of drug-likeness (QED) is 0.213. The van der Waals surface area contributed by atoms with Gasteiger partial charge in [-0.3, -0.25) is 39.2 Å². The monoisotopic (exact) mass is 798 g/mol. The molecule has 0 spiro atoms. The molecule has 0 radical (unpaired) electrons. The van der Waals surface area contributed by atoms with E-state index >= 15 is 4.39 Å². The fourth-order valence-corrected chi connectivity index (χ4v) is 9.50. The van der Waals surface area contributed by atoms with E-state index in [1.165, 1.54) is 12.4 Å². The lowest BCUT2D eigenvalue weighted by Crippen LogP contribution is -2.64. The second-order valence-electron chi connectivity index (χ2n) is 16.1. The Morgan fingerprint density at radius 2 is 1.39 bits per heavy atom. The summed E-state index contributed by atoms with van der Waals surface area (Å²) in [6.07, 6.45) is 5.61. The van der Waals surface area contributed by atoms with Gasteiger partial charge in [0.2, 0.25) is 11.8 Å². The van der Waals surface area contributed by atoms with Gasteiger partial charge in [0.15, 0.2) is 5.65 Å². The highest BCUT2D eigenvalue weighted by Crippen LogP contribution is 2.39. The average Bonchev–Trinajstić information content (AvgIpc) is 3.73. The molecule has 16 heteroatoms. The summed E-state index contributed by atoms with van der Waals surface area (Å²) >= 11 is 0.